The molecule has 0 radical (unpaired) electrons. The van der Waals surface area contributed by atoms with Gasteiger partial charge in [0.05, 0.1) is 25.5 Å². The summed E-state index contributed by atoms with van der Waals surface area (Å²) in [5, 5.41) is 2.94. The van der Waals surface area contributed by atoms with Gasteiger partial charge in [-0.05, 0) is 69.7 Å². The first-order valence-corrected chi connectivity index (χ1v) is 14.6. The molecule has 1 N–H and O–H groups in total. The van der Waals surface area contributed by atoms with Crippen molar-refractivity contribution in [3.8, 4) is 5.75 Å². The van der Waals surface area contributed by atoms with Crippen LogP contribution in [0.1, 0.15) is 70.3 Å². The smallest absolute Gasteiger partial charge is 0.244 e. The van der Waals surface area contributed by atoms with E-state index in [1.807, 2.05) is 0 Å². The lowest BCUT2D eigenvalue weighted by Gasteiger charge is -2.41. The average Bonchev–Trinajstić information content (AvgIpc) is 2.93. The molecule has 1 aliphatic carbocycles. The van der Waals surface area contributed by atoms with Crippen LogP contribution >= 0.6 is 0 Å². The summed E-state index contributed by atoms with van der Waals surface area (Å²) in [5.74, 6) is 1.36. The van der Waals surface area contributed by atoms with Crippen LogP contribution in [0.2, 0.25) is 0 Å². The number of hydrogen-bond donors (Lipinski definition) is 1. The average molecular weight is 535 g/mol. The molecule has 1 aromatic carbocycles. The van der Waals surface area contributed by atoms with Gasteiger partial charge in [-0.2, -0.15) is 0 Å². The summed E-state index contributed by atoms with van der Waals surface area (Å²) in [7, 11) is 5.91. The number of methoxy groups -OCH3 is 1. The number of pyridine rings is 1. The van der Waals surface area contributed by atoms with Crippen LogP contribution in [0, 0.1) is 17.8 Å². The molecule has 2 aliphatic rings. The Kier molecular flexibility index (Phi) is 10.0. The van der Waals surface area contributed by atoms with E-state index in [4.69, 9.17) is 4.74 Å². The van der Waals surface area contributed by atoms with Crippen molar-refractivity contribution in [2.45, 2.75) is 70.3 Å². The zero-order valence-corrected chi connectivity index (χ0v) is 24.2. The van der Waals surface area contributed by atoms with E-state index in [1.165, 1.54) is 24.8 Å². The van der Waals surface area contributed by atoms with E-state index in [2.05, 4.69) is 66.6 Å². The zero-order chi connectivity index (χ0) is 27.8. The maximum Gasteiger partial charge on any atom is 0.244 e. The largest absolute Gasteiger partial charge is 0.493 e. The molecule has 2 unspecified atom stereocenters. The lowest BCUT2D eigenvalue weighted by molar-refractivity contribution is -0.140. The Bertz CT molecular complexity index is 1090. The topological polar surface area (TPSA) is 74.8 Å². The molecule has 1 saturated carbocycles. The van der Waals surface area contributed by atoms with E-state index < -0.39 is 0 Å². The van der Waals surface area contributed by atoms with Crippen LogP contribution in [-0.2, 0) is 15.1 Å². The second-order valence-electron chi connectivity index (χ2n) is 11.8. The minimum absolute atomic E-state index is 0.0328. The number of aromatic nitrogens is 1. The summed E-state index contributed by atoms with van der Waals surface area (Å²) < 4.78 is 5.35. The fourth-order valence-corrected chi connectivity index (χ4v) is 6.58. The number of amides is 2. The fraction of sp³-hybridized carbons (Fsp3) is 0.594. The van der Waals surface area contributed by atoms with Gasteiger partial charge in [-0.3, -0.25) is 19.5 Å². The van der Waals surface area contributed by atoms with Crippen molar-refractivity contribution in [1.29, 1.82) is 0 Å². The Morgan fingerprint density at radius 1 is 1.10 bits per heavy atom. The van der Waals surface area contributed by atoms with Crippen molar-refractivity contribution < 1.29 is 14.3 Å². The van der Waals surface area contributed by atoms with Crippen molar-refractivity contribution in [2.75, 3.05) is 39.6 Å². The van der Waals surface area contributed by atoms with Gasteiger partial charge in [0.25, 0.3) is 0 Å². The van der Waals surface area contributed by atoms with Gasteiger partial charge in [-0.15, -0.1) is 0 Å². The highest BCUT2D eigenvalue weighted by atomic mass is 16.5. The standard InChI is InChI=1S/C32H46N4O3/c1-24-26(21-25-11-8-12-25)13-9-17-32(35(2)3,27-14-6-5-7-15-27)18-10-20-36(31(24)38)23-30(37)34-28-16-19-33-22-29(28)39-4/h5-7,14-16,19,22,24-26H,8-13,17-18,20-21,23H2,1-4H3,(H,33,34,37)/t24?,26?,32-/m1/s1. The number of rotatable bonds is 8. The van der Waals surface area contributed by atoms with Gasteiger partial charge in [-0.25, -0.2) is 0 Å². The Morgan fingerprint density at radius 3 is 2.51 bits per heavy atom. The van der Waals surface area contributed by atoms with E-state index in [-0.39, 0.29) is 29.8 Å². The third-order valence-corrected chi connectivity index (χ3v) is 9.23. The Hall–Kier alpha value is -2.93. The van der Waals surface area contributed by atoms with E-state index >= 15 is 0 Å². The third kappa shape index (κ3) is 6.99. The van der Waals surface area contributed by atoms with Gasteiger partial charge in [0.1, 0.15) is 0 Å². The molecule has 4 rings (SSSR count). The highest BCUT2D eigenvalue weighted by Gasteiger charge is 2.37. The van der Waals surface area contributed by atoms with Crippen molar-refractivity contribution in [2.24, 2.45) is 17.8 Å². The van der Waals surface area contributed by atoms with Crippen molar-refractivity contribution >= 4 is 17.5 Å². The van der Waals surface area contributed by atoms with Gasteiger partial charge in [0.2, 0.25) is 11.8 Å². The quantitative estimate of drug-likeness (QED) is 0.469. The normalized spacial score (nSPS) is 25.1. The first-order chi connectivity index (χ1) is 18.8. The minimum atomic E-state index is -0.215. The number of ether oxygens (including phenoxy) is 1. The van der Waals surface area contributed by atoms with Crippen LogP contribution in [-0.4, -0.2) is 60.9 Å². The van der Waals surface area contributed by atoms with Gasteiger partial charge in [0, 0.05) is 24.2 Å². The molecule has 2 fully saturated rings. The monoisotopic (exact) mass is 534 g/mol. The number of nitrogens with zero attached hydrogens (tertiary/aromatic N) is 3. The number of hydrogen-bond acceptors (Lipinski definition) is 5. The van der Waals surface area contributed by atoms with E-state index in [0.717, 1.165) is 44.4 Å². The molecule has 212 valence electrons. The molecule has 3 atom stereocenters. The predicted molar refractivity (Wildman–Crippen MR) is 156 cm³/mol. The fourth-order valence-electron chi connectivity index (χ4n) is 6.58. The molecule has 2 heterocycles. The van der Waals surface area contributed by atoms with E-state index in [9.17, 15) is 9.59 Å². The summed E-state index contributed by atoms with van der Waals surface area (Å²) in [6, 6.07) is 12.5. The Labute approximate surface area is 234 Å². The second kappa shape index (κ2) is 13.4. The van der Waals surface area contributed by atoms with Crippen LogP contribution in [0.3, 0.4) is 0 Å². The number of anilines is 1. The maximum atomic E-state index is 14.0. The molecule has 0 spiro atoms. The Morgan fingerprint density at radius 2 is 1.85 bits per heavy atom. The van der Waals surface area contributed by atoms with Gasteiger partial charge < -0.3 is 15.0 Å². The Balaban J connectivity index is 1.58. The molecule has 39 heavy (non-hydrogen) atoms. The molecule has 1 saturated heterocycles. The zero-order valence-electron chi connectivity index (χ0n) is 24.2. The molecule has 7 heteroatoms. The number of nitrogens with one attached hydrogen (secondary N) is 1. The summed E-state index contributed by atoms with van der Waals surface area (Å²) in [6.07, 6.45) is 13.1. The highest BCUT2D eigenvalue weighted by Crippen LogP contribution is 2.41. The SMILES string of the molecule is COc1cnccc1NC(=O)CN1CCC[C@](c2ccccc2)(N(C)C)CCCC(CC2CCC2)C(C)C1=O. The van der Waals surface area contributed by atoms with Crippen LogP contribution in [0.25, 0.3) is 0 Å². The molecule has 2 aromatic rings. The summed E-state index contributed by atoms with van der Waals surface area (Å²) in [6.45, 7) is 2.69. The van der Waals surface area contributed by atoms with Gasteiger partial charge >= 0.3 is 0 Å². The maximum absolute atomic E-state index is 14.0. The lowest BCUT2D eigenvalue weighted by atomic mass is 9.73. The molecule has 0 bridgehead atoms. The lowest BCUT2D eigenvalue weighted by Crippen LogP contribution is -2.44. The first kappa shape index (κ1) is 29.1. The molecule has 7 nitrogen and oxygen atoms in total. The van der Waals surface area contributed by atoms with Gasteiger partial charge in [-0.1, -0.05) is 62.9 Å². The van der Waals surface area contributed by atoms with Crippen molar-refractivity contribution in [3.05, 3.63) is 54.4 Å². The number of carbonyl (C=O) groups is 2. The molecule has 1 aliphatic heterocycles. The molecule has 1 aromatic heterocycles. The molecular weight excluding hydrogens is 488 g/mol. The van der Waals surface area contributed by atoms with E-state index in [1.54, 1.807) is 30.5 Å². The number of benzene rings is 1. The third-order valence-electron chi connectivity index (χ3n) is 9.23. The van der Waals surface area contributed by atoms with Gasteiger partial charge in [0.15, 0.2) is 5.75 Å². The van der Waals surface area contributed by atoms with Crippen LogP contribution in [0.4, 0.5) is 5.69 Å². The van der Waals surface area contributed by atoms with Crippen LogP contribution in [0.5, 0.6) is 5.75 Å². The first-order valence-electron chi connectivity index (χ1n) is 14.6. The van der Waals surface area contributed by atoms with Crippen LogP contribution < -0.4 is 10.1 Å². The minimum Gasteiger partial charge on any atom is -0.493 e. The van der Waals surface area contributed by atoms with E-state index in [0.29, 0.717) is 23.9 Å². The molecule has 2 amide bonds. The van der Waals surface area contributed by atoms with Crippen molar-refractivity contribution in [1.82, 2.24) is 14.8 Å². The summed E-state index contributed by atoms with van der Waals surface area (Å²) >= 11 is 0. The highest BCUT2D eigenvalue weighted by molar-refractivity contribution is 5.95. The summed E-state index contributed by atoms with van der Waals surface area (Å²) in [4.78, 5) is 35.4. The number of carbonyl (C=O) groups excluding carboxylic acids is 2. The van der Waals surface area contributed by atoms with Crippen LogP contribution in [0.15, 0.2) is 48.8 Å². The second-order valence-corrected chi connectivity index (χ2v) is 11.8. The predicted octanol–water partition coefficient (Wildman–Crippen LogP) is 5.72. The van der Waals surface area contributed by atoms with Crippen molar-refractivity contribution in [3.63, 3.8) is 0 Å². The summed E-state index contributed by atoms with van der Waals surface area (Å²) in [5.41, 5.74) is 1.80. The molecular formula is C32H46N4O3.